The van der Waals surface area contributed by atoms with E-state index < -0.39 is 0 Å². The highest BCUT2D eigenvalue weighted by Gasteiger charge is 2.23. The molecule has 1 aliphatic heterocycles. The molecule has 2 N–H and O–H groups in total. The lowest BCUT2D eigenvalue weighted by Crippen LogP contribution is -2.23. The van der Waals surface area contributed by atoms with Gasteiger partial charge in [0.15, 0.2) is 0 Å². The van der Waals surface area contributed by atoms with E-state index in [0.29, 0.717) is 5.92 Å². The minimum absolute atomic E-state index is 0.612. The molecule has 23 heavy (non-hydrogen) atoms. The van der Waals surface area contributed by atoms with Crippen LogP contribution in [0.5, 0.6) is 5.75 Å². The molecule has 2 aromatic carbocycles. The molecule has 0 amide bonds. The number of hydrogen-bond acceptors (Lipinski definition) is 3. The molecule has 1 heterocycles. The summed E-state index contributed by atoms with van der Waals surface area (Å²) >= 11 is 0. The zero-order chi connectivity index (χ0) is 15.9. The van der Waals surface area contributed by atoms with Gasteiger partial charge < -0.3 is 15.4 Å². The molecular weight excluding hydrogens is 284 g/mol. The van der Waals surface area contributed by atoms with Crippen molar-refractivity contribution < 1.29 is 4.74 Å². The molecule has 2 aromatic rings. The summed E-state index contributed by atoms with van der Waals surface area (Å²) in [4.78, 5) is 2.41. The van der Waals surface area contributed by atoms with Gasteiger partial charge in [0.25, 0.3) is 0 Å². The molecule has 3 rings (SSSR count). The quantitative estimate of drug-likeness (QED) is 0.796. The fourth-order valence-corrected chi connectivity index (χ4v) is 3.19. The van der Waals surface area contributed by atoms with Crippen LogP contribution in [0, 0.1) is 5.92 Å². The van der Waals surface area contributed by atoms with Crippen molar-refractivity contribution in [3.05, 3.63) is 60.2 Å². The van der Waals surface area contributed by atoms with Gasteiger partial charge >= 0.3 is 0 Å². The van der Waals surface area contributed by atoms with Gasteiger partial charge in [-0.25, -0.2) is 0 Å². The summed E-state index contributed by atoms with van der Waals surface area (Å²) in [6, 6.07) is 18.9. The first-order chi connectivity index (χ1) is 11.4. The van der Waals surface area contributed by atoms with E-state index in [4.69, 9.17) is 10.5 Å². The molecule has 0 saturated carbocycles. The fraction of sp³-hybridized carbons (Fsp3) is 0.400. The molecule has 1 unspecified atom stereocenters. The van der Waals surface area contributed by atoms with Crippen LogP contribution in [0.4, 0.5) is 5.69 Å². The Labute approximate surface area is 139 Å². The van der Waals surface area contributed by atoms with Crippen molar-refractivity contribution in [3.63, 3.8) is 0 Å². The first-order valence-corrected chi connectivity index (χ1v) is 8.57. The van der Waals surface area contributed by atoms with Crippen LogP contribution < -0.4 is 15.4 Å². The van der Waals surface area contributed by atoms with Gasteiger partial charge in [-0.3, -0.25) is 0 Å². The molecular formula is C20H26N2O. The Morgan fingerprint density at radius 1 is 1.04 bits per heavy atom. The molecule has 122 valence electrons. The second kappa shape index (κ2) is 8.02. The van der Waals surface area contributed by atoms with Gasteiger partial charge in [-0.2, -0.15) is 0 Å². The van der Waals surface area contributed by atoms with Crippen LogP contribution in [-0.4, -0.2) is 26.2 Å². The second-order valence-electron chi connectivity index (χ2n) is 6.24. The topological polar surface area (TPSA) is 38.5 Å². The predicted molar refractivity (Wildman–Crippen MR) is 96.1 cm³/mol. The van der Waals surface area contributed by atoms with Crippen molar-refractivity contribution >= 4 is 5.69 Å². The fourth-order valence-electron chi connectivity index (χ4n) is 3.19. The number of aryl methyl sites for hydroxylation is 1. The number of para-hydroxylation sites is 2. The Morgan fingerprint density at radius 3 is 2.61 bits per heavy atom. The summed E-state index contributed by atoms with van der Waals surface area (Å²) < 4.78 is 6.07. The highest BCUT2D eigenvalue weighted by molar-refractivity contribution is 5.59. The molecule has 0 aromatic heterocycles. The molecule has 3 heteroatoms. The summed E-state index contributed by atoms with van der Waals surface area (Å²) in [5.74, 6) is 1.61. The van der Waals surface area contributed by atoms with Gasteiger partial charge in [0, 0.05) is 13.1 Å². The van der Waals surface area contributed by atoms with E-state index in [-0.39, 0.29) is 0 Å². The van der Waals surface area contributed by atoms with E-state index in [0.717, 1.165) is 44.8 Å². The number of rotatable bonds is 7. The van der Waals surface area contributed by atoms with Crippen LogP contribution in [0.25, 0.3) is 0 Å². The van der Waals surface area contributed by atoms with Crippen molar-refractivity contribution in [2.45, 2.75) is 19.3 Å². The van der Waals surface area contributed by atoms with E-state index in [1.807, 2.05) is 6.07 Å². The van der Waals surface area contributed by atoms with E-state index in [1.54, 1.807) is 0 Å². The highest BCUT2D eigenvalue weighted by atomic mass is 16.5. The normalized spacial score (nSPS) is 17.4. The number of ether oxygens (including phenoxy) is 1. The van der Waals surface area contributed by atoms with Gasteiger partial charge in [-0.1, -0.05) is 42.5 Å². The lowest BCUT2D eigenvalue weighted by atomic mass is 10.1. The van der Waals surface area contributed by atoms with Gasteiger partial charge in [0.2, 0.25) is 0 Å². The van der Waals surface area contributed by atoms with Crippen molar-refractivity contribution in [2.24, 2.45) is 11.7 Å². The van der Waals surface area contributed by atoms with Gasteiger partial charge in [0.05, 0.1) is 12.3 Å². The van der Waals surface area contributed by atoms with Crippen LogP contribution in [0.1, 0.15) is 18.4 Å². The minimum Gasteiger partial charge on any atom is -0.491 e. The van der Waals surface area contributed by atoms with E-state index in [9.17, 15) is 0 Å². The Morgan fingerprint density at radius 2 is 1.83 bits per heavy atom. The van der Waals surface area contributed by atoms with E-state index in [1.165, 1.54) is 17.7 Å². The molecule has 1 aliphatic rings. The third-order valence-corrected chi connectivity index (χ3v) is 4.54. The second-order valence-corrected chi connectivity index (χ2v) is 6.24. The number of nitrogens with two attached hydrogens (primary N) is 1. The van der Waals surface area contributed by atoms with E-state index in [2.05, 4.69) is 53.4 Å². The average Bonchev–Trinajstić information content (AvgIpc) is 3.09. The zero-order valence-electron chi connectivity index (χ0n) is 13.7. The molecule has 1 fully saturated rings. The lowest BCUT2D eigenvalue weighted by molar-refractivity contribution is 0.311. The van der Waals surface area contributed by atoms with Crippen molar-refractivity contribution in [1.29, 1.82) is 0 Å². The maximum absolute atomic E-state index is 6.07. The Bertz CT molecular complexity index is 600. The largest absolute Gasteiger partial charge is 0.491 e. The molecule has 0 aliphatic carbocycles. The third kappa shape index (κ3) is 4.26. The third-order valence-electron chi connectivity index (χ3n) is 4.54. The summed E-state index contributed by atoms with van der Waals surface area (Å²) in [6.45, 7) is 3.64. The van der Waals surface area contributed by atoms with Gasteiger partial charge in [0.1, 0.15) is 5.75 Å². The number of nitrogens with zero attached hydrogens (tertiary/aromatic N) is 1. The highest BCUT2D eigenvalue weighted by Crippen LogP contribution is 2.32. The van der Waals surface area contributed by atoms with E-state index >= 15 is 0 Å². The smallest absolute Gasteiger partial charge is 0.142 e. The summed E-state index contributed by atoms with van der Waals surface area (Å²) in [7, 11) is 0. The average molecular weight is 310 g/mol. The molecule has 1 atom stereocenters. The number of anilines is 1. The lowest BCUT2D eigenvalue weighted by Gasteiger charge is -2.22. The zero-order valence-corrected chi connectivity index (χ0v) is 13.7. The monoisotopic (exact) mass is 310 g/mol. The Balaban J connectivity index is 1.54. The van der Waals surface area contributed by atoms with Crippen LogP contribution in [0.3, 0.4) is 0 Å². The summed E-state index contributed by atoms with van der Waals surface area (Å²) in [5.41, 5.74) is 8.39. The molecule has 0 bridgehead atoms. The molecule has 3 nitrogen and oxygen atoms in total. The van der Waals surface area contributed by atoms with Gasteiger partial charge in [-0.05, 0) is 49.4 Å². The molecule has 1 saturated heterocycles. The molecule has 0 radical (unpaired) electrons. The van der Waals surface area contributed by atoms with Crippen LogP contribution in [0.2, 0.25) is 0 Å². The first kappa shape index (κ1) is 15.9. The maximum atomic E-state index is 6.07. The minimum atomic E-state index is 0.612. The number of benzene rings is 2. The standard InChI is InChI=1S/C20H26N2O/c21-15-18-12-13-22(16-18)19-10-4-5-11-20(19)23-14-6-9-17-7-2-1-3-8-17/h1-5,7-8,10-11,18H,6,9,12-16,21H2. The predicted octanol–water partition coefficient (Wildman–Crippen LogP) is 3.48. The SMILES string of the molecule is NCC1CCN(c2ccccc2OCCCc2ccccc2)C1. The van der Waals surface area contributed by atoms with Crippen LogP contribution in [0.15, 0.2) is 54.6 Å². The van der Waals surface area contributed by atoms with Crippen LogP contribution in [-0.2, 0) is 6.42 Å². The number of hydrogen-bond donors (Lipinski definition) is 1. The van der Waals surface area contributed by atoms with Crippen molar-refractivity contribution in [3.8, 4) is 5.75 Å². The summed E-state index contributed by atoms with van der Waals surface area (Å²) in [5, 5.41) is 0. The Hall–Kier alpha value is -2.00. The summed E-state index contributed by atoms with van der Waals surface area (Å²) in [6.07, 6.45) is 3.27. The van der Waals surface area contributed by atoms with Crippen molar-refractivity contribution in [1.82, 2.24) is 0 Å². The van der Waals surface area contributed by atoms with Crippen LogP contribution >= 0.6 is 0 Å². The molecule has 0 spiro atoms. The van der Waals surface area contributed by atoms with Crippen molar-refractivity contribution in [2.75, 3.05) is 31.1 Å². The Kier molecular flexibility index (Phi) is 5.54. The first-order valence-electron chi connectivity index (χ1n) is 8.57. The maximum Gasteiger partial charge on any atom is 0.142 e. The van der Waals surface area contributed by atoms with Gasteiger partial charge in [-0.15, -0.1) is 0 Å².